The summed E-state index contributed by atoms with van der Waals surface area (Å²) in [5.74, 6) is 0.948. The second-order valence-corrected chi connectivity index (χ2v) is 8.50. The van der Waals surface area contributed by atoms with Crippen LogP contribution in [-0.4, -0.2) is 16.7 Å². The first-order valence-corrected chi connectivity index (χ1v) is 10.8. The van der Waals surface area contributed by atoms with Gasteiger partial charge in [0, 0.05) is 16.5 Å². The molecule has 3 heterocycles. The van der Waals surface area contributed by atoms with Crippen molar-refractivity contribution in [2.75, 3.05) is 0 Å². The molecule has 7 aromatic rings. The van der Waals surface area contributed by atoms with Gasteiger partial charge in [-0.2, -0.15) is 0 Å². The van der Waals surface area contributed by atoms with Gasteiger partial charge in [0.2, 0.25) is 5.78 Å². The predicted octanol–water partition coefficient (Wildman–Crippen LogP) is 6.74. The van der Waals surface area contributed by atoms with Gasteiger partial charge in [-0.15, -0.1) is 0 Å². The van der Waals surface area contributed by atoms with Crippen LogP contribution in [0.4, 0.5) is 0 Å². The van der Waals surface area contributed by atoms with E-state index < -0.39 is 0 Å². The molecule has 0 fully saturated rings. The molecule has 0 amide bonds. The van der Waals surface area contributed by atoms with E-state index in [9.17, 15) is 0 Å². The van der Waals surface area contributed by atoms with Crippen LogP contribution in [0.1, 0.15) is 0 Å². The average Bonchev–Trinajstić information content (AvgIpc) is 3.43. The van der Waals surface area contributed by atoms with Gasteiger partial charge >= 0.3 is 0 Å². The van der Waals surface area contributed by atoms with Crippen LogP contribution in [-0.2, 0) is 0 Å². The average molecular weight is 498 g/mol. The van der Waals surface area contributed by atoms with E-state index in [1.165, 1.54) is 27.3 Å². The van der Waals surface area contributed by atoms with Crippen molar-refractivity contribution in [3.8, 4) is 5.69 Å². The number of nitrogens with zero attached hydrogens (tertiary/aromatic N) is 4. The number of imidazole rings is 2. The summed E-state index contributed by atoms with van der Waals surface area (Å²) in [6.45, 7) is 0. The van der Waals surface area contributed by atoms with Gasteiger partial charge in [0.1, 0.15) is 5.52 Å². The number of fused-ring (bicyclic) bond motifs is 9. The fourth-order valence-corrected chi connectivity index (χ4v) is 5.45. The fourth-order valence-electron chi connectivity index (χ4n) is 4.72. The summed E-state index contributed by atoms with van der Waals surface area (Å²) in [6, 6.07) is 32.1. The Kier molecular flexibility index (Phi) is 3.22. The molecule has 0 aliphatic rings. The normalized spacial score (nSPS) is 12.2. The van der Waals surface area contributed by atoms with E-state index in [0.29, 0.717) is 0 Å². The van der Waals surface area contributed by atoms with E-state index in [-0.39, 0.29) is 0 Å². The van der Waals surface area contributed by atoms with Gasteiger partial charge in [-0.25, -0.2) is 7.76 Å². The molecule has 0 aliphatic carbocycles. The van der Waals surface area contributed by atoms with Gasteiger partial charge < -0.3 is 4.57 Å². The van der Waals surface area contributed by atoms with Crippen LogP contribution in [0.3, 0.4) is 0 Å². The quantitative estimate of drug-likeness (QED) is 0.231. The Hall–Kier alpha value is -3.32. The molecule has 0 N–H and O–H groups in total. The maximum absolute atomic E-state index is 5.16. The highest BCUT2D eigenvalue weighted by atomic mass is 127. The van der Waals surface area contributed by atoms with Crippen molar-refractivity contribution in [2.45, 2.75) is 0 Å². The Bertz CT molecular complexity index is 1750. The van der Waals surface area contributed by atoms with Crippen molar-refractivity contribution in [3.05, 3.63) is 91.0 Å². The summed E-state index contributed by atoms with van der Waals surface area (Å²) < 4.78 is 6.76. The lowest BCUT2D eigenvalue weighted by Crippen LogP contribution is -1.94. The standard InChI is InChI=1S/C25H15IN4/c26-30-21-13-7-6-12-20(21)29-22-15-14-18-17-10-4-5-11-19(17)28(16-8-2-1-3-9-16)24(18)23(22)27-25(29)30/h1-15H. The smallest absolute Gasteiger partial charge is 0.225 e. The molecule has 0 bridgehead atoms. The molecule has 30 heavy (non-hydrogen) atoms. The number of rotatable bonds is 1. The molecule has 4 aromatic carbocycles. The summed E-state index contributed by atoms with van der Waals surface area (Å²) in [6.07, 6.45) is 0. The zero-order chi connectivity index (χ0) is 19.8. The number of aromatic nitrogens is 4. The summed E-state index contributed by atoms with van der Waals surface area (Å²) in [5, 5.41) is 2.48. The Labute approximate surface area is 185 Å². The van der Waals surface area contributed by atoms with E-state index in [1.807, 2.05) is 0 Å². The molecule has 0 aliphatic heterocycles. The van der Waals surface area contributed by atoms with Gasteiger partial charge in [0.15, 0.2) is 0 Å². The molecule has 7 rings (SSSR count). The summed E-state index contributed by atoms with van der Waals surface area (Å²) in [5.41, 5.74) is 8.01. The van der Waals surface area contributed by atoms with Gasteiger partial charge in [-0.1, -0.05) is 48.5 Å². The second kappa shape index (κ2) is 5.86. The molecular weight excluding hydrogens is 483 g/mol. The van der Waals surface area contributed by atoms with Crippen molar-refractivity contribution in [1.82, 2.24) is 16.7 Å². The van der Waals surface area contributed by atoms with E-state index in [2.05, 4.69) is 126 Å². The van der Waals surface area contributed by atoms with Crippen molar-refractivity contribution in [3.63, 3.8) is 0 Å². The largest absolute Gasteiger partial charge is 0.307 e. The monoisotopic (exact) mass is 498 g/mol. The van der Waals surface area contributed by atoms with Crippen LogP contribution in [0.5, 0.6) is 0 Å². The Morgan fingerprint density at radius 1 is 0.600 bits per heavy atom. The van der Waals surface area contributed by atoms with E-state index in [0.717, 1.165) is 28.0 Å². The van der Waals surface area contributed by atoms with E-state index >= 15 is 0 Å². The molecule has 0 radical (unpaired) electrons. The van der Waals surface area contributed by atoms with Crippen LogP contribution >= 0.6 is 22.9 Å². The summed E-state index contributed by atoms with van der Waals surface area (Å²) in [4.78, 5) is 5.16. The van der Waals surface area contributed by atoms with Crippen LogP contribution in [0.15, 0.2) is 91.0 Å². The molecule has 142 valence electrons. The van der Waals surface area contributed by atoms with Crippen LogP contribution < -0.4 is 0 Å². The lowest BCUT2D eigenvalue weighted by atomic mass is 10.1. The van der Waals surface area contributed by atoms with Crippen molar-refractivity contribution in [1.29, 1.82) is 0 Å². The molecule has 3 aromatic heterocycles. The summed E-state index contributed by atoms with van der Waals surface area (Å²) in [7, 11) is 0. The third kappa shape index (κ3) is 1.98. The fraction of sp³-hybridized carbons (Fsp3) is 0. The number of benzene rings is 4. The highest BCUT2D eigenvalue weighted by Gasteiger charge is 2.20. The highest BCUT2D eigenvalue weighted by molar-refractivity contribution is 14.1. The minimum Gasteiger partial charge on any atom is -0.307 e. The van der Waals surface area contributed by atoms with Crippen LogP contribution in [0.2, 0.25) is 0 Å². The maximum Gasteiger partial charge on any atom is 0.225 e. The van der Waals surface area contributed by atoms with E-state index in [1.54, 1.807) is 0 Å². The lowest BCUT2D eigenvalue weighted by Gasteiger charge is -2.07. The minimum absolute atomic E-state index is 0.948. The third-order valence-corrected chi connectivity index (χ3v) is 6.92. The molecule has 0 saturated heterocycles. The first kappa shape index (κ1) is 16.5. The van der Waals surface area contributed by atoms with Gasteiger partial charge in [-0.3, -0.25) is 4.40 Å². The topological polar surface area (TPSA) is 27.2 Å². The number of hydrogen-bond donors (Lipinski definition) is 0. The Morgan fingerprint density at radius 3 is 2.13 bits per heavy atom. The number of para-hydroxylation sites is 4. The molecule has 0 atom stereocenters. The SMILES string of the molecule is In1c2ccccc2n2c3ccc4c5ccccc5n(-c5ccccc5)c4c3nc12. The van der Waals surface area contributed by atoms with Gasteiger partial charge in [-0.05, 0) is 42.5 Å². The number of hydrogen-bond acceptors (Lipinski definition) is 1. The molecule has 5 heteroatoms. The molecule has 0 saturated carbocycles. The van der Waals surface area contributed by atoms with Crippen molar-refractivity contribution < 1.29 is 0 Å². The first-order valence-electron chi connectivity index (χ1n) is 9.88. The Balaban J connectivity index is 1.76. The van der Waals surface area contributed by atoms with Crippen molar-refractivity contribution >= 4 is 72.5 Å². The second-order valence-electron chi connectivity index (χ2n) is 7.53. The minimum atomic E-state index is 0.948. The van der Waals surface area contributed by atoms with Crippen LogP contribution in [0.25, 0.3) is 55.3 Å². The third-order valence-electron chi connectivity index (χ3n) is 5.97. The lowest BCUT2D eigenvalue weighted by molar-refractivity contribution is 1.18. The first-order chi connectivity index (χ1) is 14.8. The highest BCUT2D eigenvalue weighted by Crippen LogP contribution is 2.38. The zero-order valence-electron chi connectivity index (χ0n) is 15.8. The van der Waals surface area contributed by atoms with Crippen LogP contribution in [0, 0.1) is 0 Å². The molecule has 0 spiro atoms. The summed E-state index contributed by atoms with van der Waals surface area (Å²) >= 11 is 2.35. The predicted molar refractivity (Wildman–Crippen MR) is 132 cm³/mol. The Morgan fingerprint density at radius 2 is 1.30 bits per heavy atom. The maximum atomic E-state index is 5.16. The van der Waals surface area contributed by atoms with Crippen molar-refractivity contribution in [2.24, 2.45) is 0 Å². The number of halogens is 1. The molecule has 0 unspecified atom stereocenters. The van der Waals surface area contributed by atoms with Gasteiger partial charge in [0.05, 0.1) is 50.4 Å². The molecular formula is C25H15IN4. The zero-order valence-corrected chi connectivity index (χ0v) is 18.0. The van der Waals surface area contributed by atoms with E-state index in [4.69, 9.17) is 4.98 Å². The van der Waals surface area contributed by atoms with Gasteiger partial charge in [0.25, 0.3) is 0 Å². The molecule has 4 nitrogen and oxygen atoms in total.